The Hall–Kier alpha value is -0.830. The molecule has 0 aliphatic carbocycles. The molecule has 17 heavy (non-hydrogen) atoms. The van der Waals surface area contributed by atoms with Crippen LogP contribution in [0.3, 0.4) is 0 Å². The number of nitrogens with one attached hydrogen (secondary N) is 1. The summed E-state index contributed by atoms with van der Waals surface area (Å²) in [4.78, 5) is 7.07. The molecule has 3 rings (SSSR count). The van der Waals surface area contributed by atoms with E-state index in [9.17, 15) is 0 Å². The molecule has 6 heteroatoms. The first kappa shape index (κ1) is 11.3. The molecule has 2 saturated heterocycles. The highest BCUT2D eigenvalue weighted by Crippen LogP contribution is 2.31. The van der Waals surface area contributed by atoms with E-state index in [0.717, 1.165) is 24.6 Å². The van der Waals surface area contributed by atoms with Gasteiger partial charge in [0.05, 0.1) is 0 Å². The minimum Gasteiger partial charge on any atom is -0.346 e. The molecule has 2 atom stereocenters. The normalized spacial score (nSPS) is 27.9. The first-order chi connectivity index (χ1) is 8.26. The van der Waals surface area contributed by atoms with Gasteiger partial charge in [-0.15, -0.1) is 0 Å². The number of hydrogen-bond acceptors (Lipinski definition) is 5. The number of nitrogens with zero attached hydrogens (tertiary/aromatic N) is 3. The number of thiazole rings is 1. The second kappa shape index (κ2) is 4.45. The van der Waals surface area contributed by atoms with Crippen molar-refractivity contribution >= 4 is 28.1 Å². The zero-order valence-electron chi connectivity index (χ0n) is 9.32. The van der Waals surface area contributed by atoms with Crippen molar-refractivity contribution in [3.8, 4) is 6.07 Å². The summed E-state index contributed by atoms with van der Waals surface area (Å²) in [6.45, 7) is 1.98. The molecule has 0 radical (unpaired) electrons. The maximum absolute atomic E-state index is 8.90. The number of hydrogen-bond donors (Lipinski definition) is 1. The minimum absolute atomic E-state index is 0.342. The van der Waals surface area contributed by atoms with E-state index in [-0.39, 0.29) is 0 Å². The summed E-state index contributed by atoms with van der Waals surface area (Å²) in [5.74, 6) is 0. The van der Waals surface area contributed by atoms with E-state index in [1.54, 1.807) is 0 Å². The molecule has 2 aliphatic rings. The van der Waals surface area contributed by atoms with Crippen molar-refractivity contribution in [3.63, 3.8) is 0 Å². The Morgan fingerprint density at radius 1 is 1.41 bits per heavy atom. The molecule has 1 aromatic heterocycles. The Kier molecular flexibility index (Phi) is 2.95. The van der Waals surface area contributed by atoms with Crippen LogP contribution in [0, 0.1) is 11.3 Å². The van der Waals surface area contributed by atoms with E-state index in [2.05, 4.69) is 21.3 Å². The van der Waals surface area contributed by atoms with Gasteiger partial charge in [-0.2, -0.15) is 5.26 Å². The lowest BCUT2D eigenvalue weighted by Gasteiger charge is -2.23. The minimum atomic E-state index is 0.342. The third-order valence-corrected chi connectivity index (χ3v) is 4.88. The predicted molar refractivity (Wildman–Crippen MR) is 68.6 cm³/mol. The van der Waals surface area contributed by atoms with E-state index >= 15 is 0 Å². The molecule has 2 aliphatic heterocycles. The summed E-state index contributed by atoms with van der Waals surface area (Å²) in [6, 6.07) is 3.31. The molecular formula is C11H13ClN4S. The lowest BCUT2D eigenvalue weighted by atomic mass is 10.1. The predicted octanol–water partition coefficient (Wildman–Crippen LogP) is 2.00. The fourth-order valence-corrected chi connectivity index (χ4v) is 3.69. The van der Waals surface area contributed by atoms with Crippen LogP contribution in [0.1, 0.15) is 24.1 Å². The van der Waals surface area contributed by atoms with Crippen LogP contribution in [0.15, 0.2) is 0 Å². The third kappa shape index (κ3) is 2.13. The zero-order valence-corrected chi connectivity index (χ0v) is 10.9. The Balaban J connectivity index is 1.81. The fraction of sp³-hybridized carbons (Fsp3) is 0.636. The van der Waals surface area contributed by atoms with E-state index in [0.29, 0.717) is 22.1 Å². The summed E-state index contributed by atoms with van der Waals surface area (Å²) in [5, 5.41) is 13.8. The van der Waals surface area contributed by atoms with Gasteiger partial charge in [0.2, 0.25) is 0 Å². The highest BCUT2D eigenvalue weighted by atomic mass is 35.5. The van der Waals surface area contributed by atoms with Crippen molar-refractivity contribution in [2.24, 2.45) is 0 Å². The molecule has 2 bridgehead atoms. The van der Waals surface area contributed by atoms with Gasteiger partial charge in [-0.05, 0) is 19.3 Å². The maximum Gasteiger partial charge on any atom is 0.188 e. The lowest BCUT2D eigenvalue weighted by Crippen LogP contribution is -2.35. The first-order valence-corrected chi connectivity index (χ1v) is 7.03. The Morgan fingerprint density at radius 2 is 2.24 bits per heavy atom. The summed E-state index contributed by atoms with van der Waals surface area (Å²) >= 11 is 7.32. The Morgan fingerprint density at radius 3 is 3.00 bits per heavy atom. The smallest absolute Gasteiger partial charge is 0.188 e. The van der Waals surface area contributed by atoms with E-state index in [4.69, 9.17) is 16.9 Å². The van der Waals surface area contributed by atoms with Crippen LogP contribution in [0.25, 0.3) is 0 Å². The molecule has 2 unspecified atom stereocenters. The summed E-state index contributed by atoms with van der Waals surface area (Å²) in [7, 11) is 0. The third-order valence-electron chi connectivity index (χ3n) is 3.47. The van der Waals surface area contributed by atoms with Crippen molar-refractivity contribution in [2.45, 2.75) is 31.3 Å². The van der Waals surface area contributed by atoms with Gasteiger partial charge >= 0.3 is 0 Å². The molecule has 4 nitrogen and oxygen atoms in total. The molecule has 3 heterocycles. The monoisotopic (exact) mass is 268 g/mol. The van der Waals surface area contributed by atoms with Crippen LogP contribution in [-0.4, -0.2) is 30.2 Å². The molecule has 0 spiro atoms. The maximum atomic E-state index is 8.90. The van der Waals surface area contributed by atoms with Crippen molar-refractivity contribution in [3.05, 3.63) is 10.0 Å². The number of fused-ring (bicyclic) bond motifs is 2. The molecule has 0 saturated carbocycles. The second-order valence-electron chi connectivity index (χ2n) is 4.60. The van der Waals surface area contributed by atoms with E-state index in [1.165, 1.54) is 24.2 Å². The molecule has 1 N–H and O–H groups in total. The van der Waals surface area contributed by atoms with Crippen LogP contribution in [-0.2, 0) is 0 Å². The zero-order chi connectivity index (χ0) is 11.8. The molecule has 2 fully saturated rings. The van der Waals surface area contributed by atoms with Gasteiger partial charge < -0.3 is 10.2 Å². The van der Waals surface area contributed by atoms with Gasteiger partial charge in [0.15, 0.2) is 10.3 Å². The topological polar surface area (TPSA) is 52.0 Å². The Labute approximate surface area is 109 Å². The van der Waals surface area contributed by atoms with Gasteiger partial charge in [-0.1, -0.05) is 22.9 Å². The largest absolute Gasteiger partial charge is 0.346 e. The number of rotatable bonds is 1. The van der Waals surface area contributed by atoms with Gasteiger partial charge in [0, 0.05) is 25.2 Å². The Bertz CT molecular complexity index is 467. The molecule has 0 amide bonds. The summed E-state index contributed by atoms with van der Waals surface area (Å²) < 4.78 is 0. The van der Waals surface area contributed by atoms with Gasteiger partial charge in [-0.3, -0.25) is 0 Å². The summed E-state index contributed by atoms with van der Waals surface area (Å²) in [6.07, 6.45) is 3.68. The quantitative estimate of drug-likeness (QED) is 0.846. The highest BCUT2D eigenvalue weighted by Gasteiger charge is 2.30. The SMILES string of the molecule is N#Cc1sc(N2CCC3CCC(C2)N3)nc1Cl. The van der Waals surface area contributed by atoms with Crippen LogP contribution in [0.4, 0.5) is 5.13 Å². The average Bonchev–Trinajstić information content (AvgIpc) is 2.82. The molecule has 1 aromatic rings. The molecule has 0 aromatic carbocycles. The summed E-state index contributed by atoms with van der Waals surface area (Å²) in [5.41, 5.74) is 0. The molecule has 90 valence electrons. The standard InChI is InChI=1S/C11H13ClN4S/c12-10-9(5-13)17-11(15-10)16-4-3-7-1-2-8(6-16)14-7/h7-8,14H,1-4,6H2. The van der Waals surface area contributed by atoms with Gasteiger partial charge in [0.1, 0.15) is 10.9 Å². The van der Waals surface area contributed by atoms with E-state index in [1.807, 2.05) is 0 Å². The van der Waals surface area contributed by atoms with Crippen LogP contribution in [0.5, 0.6) is 0 Å². The number of halogens is 1. The van der Waals surface area contributed by atoms with Crippen molar-refractivity contribution in [1.82, 2.24) is 10.3 Å². The van der Waals surface area contributed by atoms with Crippen LogP contribution < -0.4 is 10.2 Å². The average molecular weight is 269 g/mol. The number of anilines is 1. The number of aromatic nitrogens is 1. The van der Waals surface area contributed by atoms with Gasteiger partial charge in [-0.25, -0.2) is 4.98 Å². The second-order valence-corrected chi connectivity index (χ2v) is 5.94. The van der Waals surface area contributed by atoms with E-state index < -0.39 is 0 Å². The fourth-order valence-electron chi connectivity index (χ4n) is 2.61. The lowest BCUT2D eigenvalue weighted by molar-refractivity contribution is 0.563. The molecular weight excluding hydrogens is 256 g/mol. The first-order valence-electron chi connectivity index (χ1n) is 5.83. The highest BCUT2D eigenvalue weighted by molar-refractivity contribution is 7.16. The van der Waals surface area contributed by atoms with Crippen LogP contribution in [0.2, 0.25) is 5.15 Å². The van der Waals surface area contributed by atoms with Crippen LogP contribution >= 0.6 is 22.9 Å². The van der Waals surface area contributed by atoms with Crippen molar-refractivity contribution in [2.75, 3.05) is 18.0 Å². The van der Waals surface area contributed by atoms with Gasteiger partial charge in [0.25, 0.3) is 0 Å². The number of nitriles is 1. The van der Waals surface area contributed by atoms with Crippen molar-refractivity contribution in [1.29, 1.82) is 5.26 Å². The van der Waals surface area contributed by atoms with Crippen molar-refractivity contribution < 1.29 is 0 Å².